The summed E-state index contributed by atoms with van der Waals surface area (Å²) in [5.74, 6) is 0.118. The molecule has 0 aliphatic rings. The summed E-state index contributed by atoms with van der Waals surface area (Å²) in [5.41, 5.74) is 1.47. The van der Waals surface area contributed by atoms with E-state index in [1.54, 1.807) is 24.3 Å². The fourth-order valence-corrected chi connectivity index (χ4v) is 3.96. The molecule has 4 rings (SSSR count). The second-order valence-electron chi connectivity index (χ2n) is 6.99. The van der Waals surface area contributed by atoms with Gasteiger partial charge < -0.3 is 15.2 Å². The van der Waals surface area contributed by atoms with Gasteiger partial charge in [-0.15, -0.1) is 0 Å². The molecule has 0 saturated heterocycles. The summed E-state index contributed by atoms with van der Waals surface area (Å²) in [5, 5.41) is 16.3. The smallest absolute Gasteiger partial charge is 0.258 e. The van der Waals surface area contributed by atoms with Crippen LogP contribution in [0, 0.1) is 0 Å². The van der Waals surface area contributed by atoms with Crippen LogP contribution in [0.25, 0.3) is 10.8 Å². The minimum Gasteiger partial charge on any atom is -0.508 e. The average Bonchev–Trinajstić information content (AvgIpc) is 2.78. The molecule has 0 radical (unpaired) electrons. The lowest BCUT2D eigenvalue weighted by molar-refractivity contribution is -0.123. The number of benzene rings is 4. The molecule has 2 N–H and O–H groups in total. The Kier molecular flexibility index (Phi) is 6.31. The minimum absolute atomic E-state index is 0.106. The van der Waals surface area contributed by atoms with Crippen molar-refractivity contribution in [3.63, 3.8) is 0 Å². The molecule has 4 nitrogen and oxygen atoms in total. The topological polar surface area (TPSA) is 58.6 Å². The molecule has 31 heavy (non-hydrogen) atoms. The van der Waals surface area contributed by atoms with Crippen molar-refractivity contribution >= 4 is 39.9 Å². The minimum atomic E-state index is -0.566. The molecule has 0 unspecified atom stereocenters. The Bertz CT molecular complexity index is 1230. The molecule has 0 aliphatic heterocycles. The number of aromatic hydroxyl groups is 1. The maximum absolute atomic E-state index is 12.8. The first-order valence-electron chi connectivity index (χ1n) is 9.65. The van der Waals surface area contributed by atoms with Gasteiger partial charge in [0.2, 0.25) is 0 Å². The lowest BCUT2D eigenvalue weighted by Crippen LogP contribution is -2.33. The number of carbonyl (C=O) groups excluding carboxylic acids is 1. The van der Waals surface area contributed by atoms with Crippen molar-refractivity contribution in [2.24, 2.45) is 0 Å². The number of rotatable bonds is 6. The zero-order valence-electron chi connectivity index (χ0n) is 16.4. The molecule has 4 aromatic rings. The SMILES string of the molecule is O=C(COc1ccc(Cl)cc1Cl)N[C@H](c1ccccc1)c1c(O)ccc2ccccc12. The van der Waals surface area contributed by atoms with Crippen LogP contribution in [0.3, 0.4) is 0 Å². The van der Waals surface area contributed by atoms with Gasteiger partial charge in [-0.2, -0.15) is 0 Å². The molecule has 0 bridgehead atoms. The Morgan fingerprint density at radius 3 is 2.45 bits per heavy atom. The van der Waals surface area contributed by atoms with Crippen LogP contribution in [-0.4, -0.2) is 17.6 Å². The Morgan fingerprint density at radius 1 is 0.935 bits per heavy atom. The molecule has 1 atom stereocenters. The van der Waals surface area contributed by atoms with Crippen LogP contribution in [-0.2, 0) is 4.79 Å². The molecule has 0 aromatic heterocycles. The molecule has 0 spiro atoms. The maximum Gasteiger partial charge on any atom is 0.258 e. The molecule has 0 fully saturated rings. The number of nitrogens with one attached hydrogen (secondary N) is 1. The number of hydrogen-bond acceptors (Lipinski definition) is 3. The molecule has 0 aliphatic carbocycles. The Balaban J connectivity index is 1.64. The molecule has 0 saturated carbocycles. The van der Waals surface area contributed by atoms with E-state index in [2.05, 4.69) is 5.32 Å². The zero-order valence-corrected chi connectivity index (χ0v) is 17.9. The van der Waals surface area contributed by atoms with E-state index in [1.807, 2.05) is 60.7 Å². The van der Waals surface area contributed by atoms with E-state index in [-0.39, 0.29) is 18.3 Å². The monoisotopic (exact) mass is 451 g/mol. The van der Waals surface area contributed by atoms with Gasteiger partial charge in [0.15, 0.2) is 6.61 Å². The van der Waals surface area contributed by atoms with Crippen LogP contribution >= 0.6 is 23.2 Å². The number of amides is 1. The predicted molar refractivity (Wildman–Crippen MR) is 124 cm³/mol. The predicted octanol–water partition coefficient (Wildman–Crippen LogP) is 6.14. The van der Waals surface area contributed by atoms with Crippen molar-refractivity contribution in [1.82, 2.24) is 5.32 Å². The lowest BCUT2D eigenvalue weighted by Gasteiger charge is -2.23. The van der Waals surface area contributed by atoms with Gasteiger partial charge in [0.25, 0.3) is 5.91 Å². The van der Waals surface area contributed by atoms with Gasteiger partial charge >= 0.3 is 0 Å². The molecule has 156 valence electrons. The van der Waals surface area contributed by atoms with Gasteiger partial charge in [-0.05, 0) is 40.6 Å². The van der Waals surface area contributed by atoms with Crippen molar-refractivity contribution in [3.05, 3.63) is 106 Å². The number of carbonyl (C=O) groups is 1. The maximum atomic E-state index is 12.8. The summed E-state index contributed by atoms with van der Waals surface area (Å²) in [4.78, 5) is 12.8. The molecular formula is C25H19Cl2NO3. The summed E-state index contributed by atoms with van der Waals surface area (Å²) >= 11 is 12.0. The van der Waals surface area contributed by atoms with E-state index < -0.39 is 6.04 Å². The van der Waals surface area contributed by atoms with Crippen LogP contribution in [0.4, 0.5) is 0 Å². The first kappa shape index (κ1) is 21.0. The molecule has 0 heterocycles. The van der Waals surface area contributed by atoms with Crippen molar-refractivity contribution in [2.75, 3.05) is 6.61 Å². The lowest BCUT2D eigenvalue weighted by atomic mass is 9.92. The second kappa shape index (κ2) is 9.29. The van der Waals surface area contributed by atoms with Crippen molar-refractivity contribution in [3.8, 4) is 11.5 Å². The second-order valence-corrected chi connectivity index (χ2v) is 7.84. The van der Waals surface area contributed by atoms with Crippen LogP contribution in [0.1, 0.15) is 17.2 Å². The highest BCUT2D eigenvalue weighted by Crippen LogP contribution is 2.36. The number of hydrogen-bond donors (Lipinski definition) is 2. The Labute approximate surface area is 190 Å². The highest BCUT2D eigenvalue weighted by molar-refractivity contribution is 6.35. The van der Waals surface area contributed by atoms with Crippen LogP contribution in [0.2, 0.25) is 10.0 Å². The van der Waals surface area contributed by atoms with E-state index >= 15 is 0 Å². The number of fused-ring (bicyclic) bond motifs is 1. The Hall–Kier alpha value is -3.21. The molecule has 6 heteroatoms. The fourth-order valence-electron chi connectivity index (χ4n) is 3.49. The molecular weight excluding hydrogens is 433 g/mol. The standard InChI is InChI=1S/C25H19Cl2NO3/c26-18-11-13-22(20(27)14-18)31-15-23(30)28-25(17-7-2-1-3-8-17)24-19-9-5-4-6-16(19)10-12-21(24)29/h1-14,25,29H,15H2,(H,28,30)/t25-/m1/s1. The zero-order chi connectivity index (χ0) is 21.8. The van der Waals surface area contributed by atoms with Crippen LogP contribution in [0.5, 0.6) is 11.5 Å². The number of phenolic OH excluding ortho intramolecular Hbond substituents is 1. The first-order chi connectivity index (χ1) is 15.0. The van der Waals surface area contributed by atoms with Gasteiger partial charge in [-0.1, -0.05) is 83.9 Å². The van der Waals surface area contributed by atoms with Crippen LogP contribution < -0.4 is 10.1 Å². The number of halogens is 2. The largest absolute Gasteiger partial charge is 0.508 e. The van der Waals surface area contributed by atoms with Crippen molar-refractivity contribution < 1.29 is 14.6 Å². The van der Waals surface area contributed by atoms with Gasteiger partial charge in [-0.25, -0.2) is 0 Å². The normalized spacial score (nSPS) is 11.8. The van der Waals surface area contributed by atoms with Crippen molar-refractivity contribution in [2.45, 2.75) is 6.04 Å². The van der Waals surface area contributed by atoms with Crippen LogP contribution in [0.15, 0.2) is 84.9 Å². The average molecular weight is 452 g/mol. The van der Waals surface area contributed by atoms with Gasteiger partial charge in [0.1, 0.15) is 11.5 Å². The molecule has 4 aromatic carbocycles. The van der Waals surface area contributed by atoms with E-state index in [1.165, 1.54) is 0 Å². The third-order valence-electron chi connectivity index (χ3n) is 4.93. The quantitative estimate of drug-likeness (QED) is 0.370. The third-order valence-corrected chi connectivity index (χ3v) is 5.46. The summed E-state index contributed by atoms with van der Waals surface area (Å²) < 4.78 is 5.58. The first-order valence-corrected chi connectivity index (χ1v) is 10.4. The van der Waals surface area contributed by atoms with Gasteiger partial charge in [0.05, 0.1) is 11.1 Å². The molecule has 1 amide bonds. The number of phenols is 1. The number of ether oxygens (including phenoxy) is 1. The van der Waals surface area contributed by atoms with E-state index in [0.717, 1.165) is 16.3 Å². The highest BCUT2D eigenvalue weighted by Gasteiger charge is 2.22. The third kappa shape index (κ3) is 4.76. The summed E-state index contributed by atoms with van der Waals surface area (Å²) in [7, 11) is 0. The summed E-state index contributed by atoms with van der Waals surface area (Å²) in [6.07, 6.45) is 0. The van der Waals surface area contributed by atoms with E-state index in [0.29, 0.717) is 21.4 Å². The summed E-state index contributed by atoms with van der Waals surface area (Å²) in [6.45, 7) is -0.240. The summed E-state index contributed by atoms with van der Waals surface area (Å²) in [6, 6.07) is 25.0. The van der Waals surface area contributed by atoms with Crippen molar-refractivity contribution in [1.29, 1.82) is 0 Å². The Morgan fingerprint density at radius 2 is 1.68 bits per heavy atom. The fraction of sp³-hybridized carbons (Fsp3) is 0.0800. The van der Waals surface area contributed by atoms with Gasteiger partial charge in [0, 0.05) is 10.6 Å². The van der Waals surface area contributed by atoms with E-state index in [9.17, 15) is 9.90 Å². The van der Waals surface area contributed by atoms with E-state index in [4.69, 9.17) is 27.9 Å². The highest BCUT2D eigenvalue weighted by atomic mass is 35.5. The van der Waals surface area contributed by atoms with Gasteiger partial charge in [-0.3, -0.25) is 4.79 Å².